The van der Waals surface area contributed by atoms with Gasteiger partial charge in [0.25, 0.3) is 0 Å². The summed E-state index contributed by atoms with van der Waals surface area (Å²) in [5, 5.41) is 11.7. The minimum Gasteiger partial charge on any atom is -0.369 e. The number of alkyl halides is 3. The average molecular weight is 310 g/mol. The number of aromatic nitrogens is 4. The summed E-state index contributed by atoms with van der Waals surface area (Å²) in [5.41, 5.74) is -0.263. The van der Waals surface area contributed by atoms with Crippen molar-refractivity contribution in [1.29, 1.82) is 0 Å². The second-order valence-electron chi connectivity index (χ2n) is 4.42. The van der Waals surface area contributed by atoms with Crippen molar-refractivity contribution in [3.05, 3.63) is 29.8 Å². The first-order chi connectivity index (χ1) is 10.4. The van der Waals surface area contributed by atoms with Gasteiger partial charge in [0.05, 0.1) is 5.56 Å². The zero-order valence-corrected chi connectivity index (χ0v) is 11.9. The Morgan fingerprint density at radius 3 is 2.55 bits per heavy atom. The monoisotopic (exact) mass is 310 g/mol. The van der Waals surface area contributed by atoms with Crippen LogP contribution in [0, 0.1) is 11.8 Å². The Balaban J connectivity index is 2.09. The highest BCUT2D eigenvalue weighted by Crippen LogP contribution is 2.30. The van der Waals surface area contributed by atoms with Gasteiger partial charge in [-0.1, -0.05) is 24.0 Å². The molecule has 0 aliphatic heterocycles. The molecule has 1 aromatic carbocycles. The summed E-state index contributed by atoms with van der Waals surface area (Å²) in [7, 11) is 1.55. The highest BCUT2D eigenvalue weighted by Gasteiger charge is 2.30. The lowest BCUT2D eigenvalue weighted by atomic mass is 10.1. The molecule has 1 heterocycles. The Hall–Kier alpha value is -2.40. The SMILES string of the molecule is COC(C)C#CCn1nnc(-c2ccc(C(F)(F)F)cc2)n1. The van der Waals surface area contributed by atoms with Gasteiger partial charge < -0.3 is 4.74 Å². The van der Waals surface area contributed by atoms with Crippen molar-refractivity contribution < 1.29 is 17.9 Å². The van der Waals surface area contributed by atoms with Crippen molar-refractivity contribution >= 4 is 0 Å². The van der Waals surface area contributed by atoms with E-state index in [2.05, 4.69) is 27.3 Å². The fourth-order valence-corrected chi connectivity index (χ4v) is 1.55. The van der Waals surface area contributed by atoms with Gasteiger partial charge in [-0.05, 0) is 24.3 Å². The lowest BCUT2D eigenvalue weighted by Gasteiger charge is -2.05. The van der Waals surface area contributed by atoms with E-state index in [0.717, 1.165) is 12.1 Å². The van der Waals surface area contributed by atoms with E-state index in [1.54, 1.807) is 14.0 Å². The molecule has 0 spiro atoms. The third kappa shape index (κ3) is 4.05. The molecule has 0 fully saturated rings. The molecular weight excluding hydrogens is 297 g/mol. The number of benzene rings is 1. The maximum Gasteiger partial charge on any atom is 0.416 e. The molecule has 0 saturated carbocycles. The van der Waals surface area contributed by atoms with Crippen molar-refractivity contribution in [1.82, 2.24) is 20.2 Å². The minimum absolute atomic E-state index is 0.196. The Labute approximate surface area is 125 Å². The number of ether oxygens (including phenoxy) is 1. The van der Waals surface area contributed by atoms with E-state index < -0.39 is 11.7 Å². The molecule has 0 saturated heterocycles. The number of hydrogen-bond acceptors (Lipinski definition) is 4. The molecule has 0 aliphatic carbocycles. The molecule has 2 aromatic rings. The number of tetrazole rings is 1. The molecule has 1 unspecified atom stereocenters. The quantitative estimate of drug-likeness (QED) is 0.817. The Kier molecular flexibility index (Phi) is 4.78. The second-order valence-corrected chi connectivity index (χ2v) is 4.42. The first kappa shape index (κ1) is 16.0. The fraction of sp³-hybridized carbons (Fsp3) is 0.357. The van der Waals surface area contributed by atoms with Gasteiger partial charge >= 0.3 is 6.18 Å². The zero-order valence-electron chi connectivity index (χ0n) is 11.9. The normalized spacial score (nSPS) is 12.6. The first-order valence-corrected chi connectivity index (χ1v) is 6.37. The first-order valence-electron chi connectivity index (χ1n) is 6.37. The van der Waals surface area contributed by atoms with Crippen LogP contribution in [-0.4, -0.2) is 33.4 Å². The summed E-state index contributed by atoms with van der Waals surface area (Å²) >= 11 is 0. The van der Waals surface area contributed by atoms with Gasteiger partial charge in [0.2, 0.25) is 5.82 Å². The highest BCUT2D eigenvalue weighted by atomic mass is 19.4. The van der Waals surface area contributed by atoms with Crippen molar-refractivity contribution in [3.8, 4) is 23.2 Å². The van der Waals surface area contributed by atoms with Crippen LogP contribution >= 0.6 is 0 Å². The van der Waals surface area contributed by atoms with Crippen LogP contribution in [0.4, 0.5) is 13.2 Å². The smallest absolute Gasteiger partial charge is 0.369 e. The summed E-state index contributed by atoms with van der Waals surface area (Å²) in [6.45, 7) is 2.02. The van der Waals surface area contributed by atoms with Gasteiger partial charge in [0.15, 0.2) is 0 Å². The van der Waals surface area contributed by atoms with Crippen LogP contribution in [0.25, 0.3) is 11.4 Å². The summed E-state index contributed by atoms with van der Waals surface area (Å²) in [6, 6.07) is 4.58. The van der Waals surface area contributed by atoms with Gasteiger partial charge in [-0.3, -0.25) is 0 Å². The highest BCUT2D eigenvalue weighted by molar-refractivity contribution is 5.54. The zero-order chi connectivity index (χ0) is 16.2. The molecule has 5 nitrogen and oxygen atoms in total. The Bertz CT molecular complexity index is 683. The summed E-state index contributed by atoms with van der Waals surface area (Å²) in [6.07, 6.45) is -4.56. The van der Waals surface area contributed by atoms with Crippen LogP contribution in [0.2, 0.25) is 0 Å². The molecule has 8 heteroatoms. The maximum absolute atomic E-state index is 12.5. The van der Waals surface area contributed by atoms with Gasteiger partial charge in [0.1, 0.15) is 12.6 Å². The third-order valence-electron chi connectivity index (χ3n) is 2.80. The maximum atomic E-state index is 12.5. The largest absolute Gasteiger partial charge is 0.416 e. The molecule has 0 N–H and O–H groups in total. The van der Waals surface area contributed by atoms with Gasteiger partial charge in [-0.25, -0.2) is 0 Å². The number of hydrogen-bond donors (Lipinski definition) is 0. The van der Waals surface area contributed by atoms with Gasteiger partial charge in [-0.15, -0.1) is 10.2 Å². The van der Waals surface area contributed by atoms with E-state index in [-0.39, 0.29) is 18.5 Å². The van der Waals surface area contributed by atoms with Gasteiger partial charge in [0, 0.05) is 12.7 Å². The number of nitrogens with zero attached hydrogens (tertiary/aromatic N) is 4. The molecule has 22 heavy (non-hydrogen) atoms. The molecular formula is C14H13F3N4O. The van der Waals surface area contributed by atoms with E-state index >= 15 is 0 Å². The predicted molar refractivity (Wildman–Crippen MR) is 72.5 cm³/mol. The second kappa shape index (κ2) is 6.58. The van der Waals surface area contributed by atoms with E-state index in [9.17, 15) is 13.2 Å². The number of methoxy groups -OCH3 is 1. The van der Waals surface area contributed by atoms with Crippen LogP contribution in [0.5, 0.6) is 0 Å². The Morgan fingerprint density at radius 2 is 1.95 bits per heavy atom. The van der Waals surface area contributed by atoms with E-state index in [4.69, 9.17) is 4.74 Å². The fourth-order valence-electron chi connectivity index (χ4n) is 1.55. The average Bonchev–Trinajstić information content (AvgIpc) is 2.95. The van der Waals surface area contributed by atoms with E-state index in [0.29, 0.717) is 5.56 Å². The molecule has 1 aromatic heterocycles. The lowest BCUT2D eigenvalue weighted by molar-refractivity contribution is -0.137. The van der Waals surface area contributed by atoms with Gasteiger partial charge in [-0.2, -0.15) is 18.0 Å². The Morgan fingerprint density at radius 1 is 1.27 bits per heavy atom. The van der Waals surface area contributed by atoms with Crippen LogP contribution in [0.1, 0.15) is 12.5 Å². The van der Waals surface area contributed by atoms with Crippen LogP contribution in [-0.2, 0) is 17.5 Å². The summed E-state index contributed by atoms with van der Waals surface area (Å²) in [5.74, 6) is 5.89. The van der Waals surface area contributed by atoms with Crippen LogP contribution in [0.15, 0.2) is 24.3 Å². The molecule has 116 valence electrons. The summed E-state index contributed by atoms with van der Waals surface area (Å²) < 4.78 is 42.4. The van der Waals surface area contributed by atoms with Crippen molar-refractivity contribution in [2.45, 2.75) is 25.7 Å². The molecule has 0 bridgehead atoms. The molecule has 0 radical (unpaired) electrons. The van der Waals surface area contributed by atoms with Crippen LogP contribution in [0.3, 0.4) is 0 Å². The predicted octanol–water partition coefficient (Wildman–Crippen LogP) is 2.40. The topological polar surface area (TPSA) is 52.8 Å². The number of rotatable bonds is 3. The lowest BCUT2D eigenvalue weighted by Crippen LogP contribution is -2.04. The number of halogens is 3. The standard InChI is InChI=1S/C14H13F3N4O/c1-10(22-2)4-3-9-21-19-13(18-20-21)11-5-7-12(8-6-11)14(15,16)17/h5-8,10H,9H2,1-2H3. The minimum atomic E-state index is -4.36. The molecule has 1 atom stereocenters. The molecule has 2 rings (SSSR count). The third-order valence-corrected chi connectivity index (χ3v) is 2.80. The van der Waals surface area contributed by atoms with E-state index in [1.807, 2.05) is 0 Å². The van der Waals surface area contributed by atoms with Crippen molar-refractivity contribution in [3.63, 3.8) is 0 Å². The molecule has 0 amide bonds. The van der Waals surface area contributed by atoms with Crippen molar-refractivity contribution in [2.75, 3.05) is 7.11 Å². The summed E-state index contributed by atoms with van der Waals surface area (Å²) in [4.78, 5) is 1.27. The van der Waals surface area contributed by atoms with Crippen molar-refractivity contribution in [2.24, 2.45) is 0 Å². The van der Waals surface area contributed by atoms with Crippen LogP contribution < -0.4 is 0 Å². The molecule has 0 aliphatic rings. The van der Waals surface area contributed by atoms with E-state index in [1.165, 1.54) is 16.9 Å².